The lowest BCUT2D eigenvalue weighted by molar-refractivity contribution is 0.580. The Morgan fingerprint density at radius 2 is 1.70 bits per heavy atom. The zero-order valence-corrected chi connectivity index (χ0v) is 14.3. The van der Waals surface area contributed by atoms with E-state index in [0.29, 0.717) is 18.9 Å². The van der Waals surface area contributed by atoms with Gasteiger partial charge in [-0.15, -0.1) is 0 Å². The predicted molar refractivity (Wildman–Crippen MR) is 89.7 cm³/mol. The molecule has 1 fully saturated rings. The maximum Gasteiger partial charge on any atom is 0.189 e. The third kappa shape index (κ3) is 3.21. The summed E-state index contributed by atoms with van der Waals surface area (Å²) in [7, 11) is 0. The lowest BCUT2D eigenvalue weighted by atomic mass is 10.2. The van der Waals surface area contributed by atoms with Crippen LogP contribution in [-0.4, -0.2) is 52.4 Å². The van der Waals surface area contributed by atoms with Crippen LogP contribution in [0.4, 0.5) is 16.0 Å². The van der Waals surface area contributed by atoms with Gasteiger partial charge in [0.05, 0.1) is 6.20 Å². The number of hydrogen-bond acceptors (Lipinski definition) is 7. The van der Waals surface area contributed by atoms with Crippen LogP contribution in [0, 0.1) is 19.7 Å². The maximum atomic E-state index is 13.8. The van der Waals surface area contributed by atoms with Gasteiger partial charge in [-0.3, -0.25) is 0 Å². The Labute approximate surface area is 139 Å². The fraction of sp³-hybridized carbons (Fsp3) is 0.467. The summed E-state index contributed by atoms with van der Waals surface area (Å²) in [6.07, 6.45) is 4.56. The van der Waals surface area contributed by atoms with Gasteiger partial charge in [-0.2, -0.15) is 0 Å². The second-order valence-electron chi connectivity index (χ2n) is 5.41. The van der Waals surface area contributed by atoms with Crippen molar-refractivity contribution in [1.29, 1.82) is 0 Å². The second-order valence-corrected chi connectivity index (χ2v) is 6.19. The average molecular weight is 334 g/mol. The Morgan fingerprint density at radius 1 is 1.04 bits per heavy atom. The van der Waals surface area contributed by atoms with Gasteiger partial charge in [0, 0.05) is 37.4 Å². The monoisotopic (exact) mass is 334 g/mol. The Morgan fingerprint density at radius 3 is 2.30 bits per heavy atom. The zero-order chi connectivity index (χ0) is 16.4. The van der Waals surface area contributed by atoms with Crippen LogP contribution >= 0.6 is 11.8 Å². The van der Waals surface area contributed by atoms with Crippen molar-refractivity contribution in [2.24, 2.45) is 0 Å². The third-order valence-electron chi connectivity index (χ3n) is 4.05. The van der Waals surface area contributed by atoms with E-state index in [4.69, 9.17) is 0 Å². The molecule has 2 aromatic heterocycles. The Balaban J connectivity index is 1.77. The Bertz CT molecular complexity index is 702. The first-order valence-corrected chi connectivity index (χ1v) is 8.67. The van der Waals surface area contributed by atoms with Crippen LogP contribution in [0.3, 0.4) is 0 Å². The van der Waals surface area contributed by atoms with Gasteiger partial charge < -0.3 is 9.80 Å². The third-order valence-corrected chi connectivity index (χ3v) is 4.60. The highest BCUT2D eigenvalue weighted by atomic mass is 32.2. The minimum atomic E-state index is -0.375. The van der Waals surface area contributed by atoms with Gasteiger partial charge in [0.25, 0.3) is 0 Å². The topological polar surface area (TPSA) is 58.0 Å². The van der Waals surface area contributed by atoms with E-state index >= 15 is 0 Å². The van der Waals surface area contributed by atoms with Crippen LogP contribution in [0.25, 0.3) is 0 Å². The summed E-state index contributed by atoms with van der Waals surface area (Å²) in [6, 6.07) is 0. The molecule has 0 unspecified atom stereocenters. The number of halogens is 1. The summed E-state index contributed by atoms with van der Waals surface area (Å²) in [5, 5.41) is 0.785. The predicted octanol–water partition coefficient (Wildman–Crippen LogP) is 2.07. The molecule has 3 heterocycles. The molecular weight excluding hydrogens is 315 g/mol. The van der Waals surface area contributed by atoms with Crippen molar-refractivity contribution in [3.63, 3.8) is 0 Å². The molecule has 6 nitrogen and oxygen atoms in total. The molecule has 23 heavy (non-hydrogen) atoms. The number of nitrogens with zero attached hydrogens (tertiary/aromatic N) is 6. The highest BCUT2D eigenvalue weighted by Crippen LogP contribution is 2.25. The molecule has 0 spiro atoms. The molecule has 8 heteroatoms. The van der Waals surface area contributed by atoms with Crippen LogP contribution in [0.1, 0.15) is 11.3 Å². The molecule has 1 aliphatic heterocycles. The minimum Gasteiger partial charge on any atom is -0.353 e. The maximum absolute atomic E-state index is 13.8. The summed E-state index contributed by atoms with van der Waals surface area (Å²) in [4.78, 5) is 21.1. The summed E-state index contributed by atoms with van der Waals surface area (Å²) in [5.41, 5.74) is 2.10. The van der Waals surface area contributed by atoms with Crippen molar-refractivity contribution in [3.05, 3.63) is 29.6 Å². The molecule has 1 aliphatic rings. The Hall–Kier alpha value is -1.96. The first kappa shape index (κ1) is 15.9. The van der Waals surface area contributed by atoms with Gasteiger partial charge in [0.2, 0.25) is 0 Å². The van der Waals surface area contributed by atoms with Crippen molar-refractivity contribution in [2.75, 3.05) is 42.2 Å². The molecule has 0 amide bonds. The number of piperazine rings is 1. The van der Waals surface area contributed by atoms with E-state index in [-0.39, 0.29) is 5.82 Å². The van der Waals surface area contributed by atoms with Crippen LogP contribution in [0.5, 0.6) is 0 Å². The standard InChI is InChI=1S/C15H19FN6S/c1-10-11(2)19-15(23-3)20-13(10)21-4-6-22(7-5-21)14-12(16)8-17-9-18-14/h8-9H,4-7H2,1-3H3. The van der Waals surface area contributed by atoms with Crippen molar-refractivity contribution >= 4 is 23.4 Å². The van der Waals surface area contributed by atoms with Gasteiger partial charge in [-0.1, -0.05) is 11.8 Å². The lowest BCUT2D eigenvalue weighted by Crippen LogP contribution is -2.47. The molecule has 3 rings (SSSR count). The van der Waals surface area contributed by atoms with Crippen molar-refractivity contribution in [2.45, 2.75) is 19.0 Å². The first-order chi connectivity index (χ1) is 11.1. The molecule has 0 bridgehead atoms. The fourth-order valence-corrected chi connectivity index (χ4v) is 3.06. The van der Waals surface area contributed by atoms with E-state index in [9.17, 15) is 4.39 Å². The number of rotatable bonds is 3. The minimum absolute atomic E-state index is 0.375. The molecule has 0 aliphatic carbocycles. The number of thioether (sulfide) groups is 1. The SMILES string of the molecule is CSc1nc(C)c(C)c(N2CCN(c3ncncc3F)CC2)n1. The van der Waals surface area contributed by atoms with Gasteiger partial charge in [0.15, 0.2) is 16.8 Å². The van der Waals surface area contributed by atoms with E-state index in [2.05, 4.69) is 24.8 Å². The normalized spacial score (nSPS) is 15.1. The smallest absolute Gasteiger partial charge is 0.189 e. The van der Waals surface area contributed by atoms with E-state index < -0.39 is 0 Å². The molecule has 0 saturated carbocycles. The highest BCUT2D eigenvalue weighted by Gasteiger charge is 2.23. The molecule has 0 atom stereocenters. The molecule has 1 saturated heterocycles. The molecule has 0 aromatic carbocycles. The lowest BCUT2D eigenvalue weighted by Gasteiger charge is -2.36. The van der Waals surface area contributed by atoms with Crippen molar-refractivity contribution in [1.82, 2.24) is 19.9 Å². The zero-order valence-electron chi connectivity index (χ0n) is 13.5. The van der Waals surface area contributed by atoms with Crippen LogP contribution < -0.4 is 9.80 Å². The first-order valence-electron chi connectivity index (χ1n) is 7.44. The largest absolute Gasteiger partial charge is 0.353 e. The number of hydrogen-bond donors (Lipinski definition) is 0. The van der Waals surface area contributed by atoms with Crippen LogP contribution in [-0.2, 0) is 0 Å². The molecule has 0 N–H and O–H groups in total. The molecule has 2 aromatic rings. The number of aromatic nitrogens is 4. The van der Waals surface area contributed by atoms with Gasteiger partial charge in [-0.05, 0) is 20.1 Å². The average Bonchev–Trinajstić information content (AvgIpc) is 2.58. The second kappa shape index (κ2) is 6.66. The van der Waals surface area contributed by atoms with E-state index in [0.717, 1.165) is 35.3 Å². The molecular formula is C15H19FN6S. The summed E-state index contributed by atoms with van der Waals surface area (Å²) < 4.78 is 13.8. The number of anilines is 2. The summed E-state index contributed by atoms with van der Waals surface area (Å²) >= 11 is 1.54. The van der Waals surface area contributed by atoms with E-state index in [1.165, 1.54) is 12.5 Å². The van der Waals surface area contributed by atoms with E-state index in [1.807, 2.05) is 25.0 Å². The van der Waals surface area contributed by atoms with Crippen LogP contribution in [0.2, 0.25) is 0 Å². The number of aryl methyl sites for hydroxylation is 1. The van der Waals surface area contributed by atoms with Gasteiger partial charge >= 0.3 is 0 Å². The summed E-state index contributed by atoms with van der Waals surface area (Å²) in [6.45, 7) is 7.00. The fourth-order valence-electron chi connectivity index (χ4n) is 2.66. The molecule has 122 valence electrons. The van der Waals surface area contributed by atoms with Gasteiger partial charge in [0.1, 0.15) is 12.1 Å². The van der Waals surface area contributed by atoms with Gasteiger partial charge in [-0.25, -0.2) is 24.3 Å². The molecule has 0 radical (unpaired) electrons. The quantitative estimate of drug-likeness (QED) is 0.629. The summed E-state index contributed by atoms with van der Waals surface area (Å²) in [5.74, 6) is 0.976. The van der Waals surface area contributed by atoms with Crippen LogP contribution in [0.15, 0.2) is 17.7 Å². The Kier molecular flexibility index (Phi) is 4.61. The van der Waals surface area contributed by atoms with Crippen molar-refractivity contribution < 1.29 is 4.39 Å². The highest BCUT2D eigenvalue weighted by molar-refractivity contribution is 7.98. The van der Waals surface area contributed by atoms with E-state index in [1.54, 1.807) is 11.8 Å². The van der Waals surface area contributed by atoms with Crippen molar-refractivity contribution in [3.8, 4) is 0 Å².